The Labute approximate surface area is 141 Å². The van der Waals surface area contributed by atoms with Crippen LogP contribution in [0.3, 0.4) is 0 Å². The number of carbonyl (C=O) groups is 1. The second-order valence-electron chi connectivity index (χ2n) is 5.57. The number of nitrogens with zero attached hydrogens (tertiary/aromatic N) is 2. The third kappa shape index (κ3) is 3.20. The molecule has 2 aliphatic rings. The lowest BCUT2D eigenvalue weighted by Gasteiger charge is -2.28. The summed E-state index contributed by atoms with van der Waals surface area (Å²) in [5.74, 6) is 0.0256. The smallest absolute Gasteiger partial charge is 0.266 e. The van der Waals surface area contributed by atoms with E-state index in [4.69, 9.17) is 12.2 Å². The van der Waals surface area contributed by atoms with Gasteiger partial charge in [0.1, 0.15) is 4.32 Å². The van der Waals surface area contributed by atoms with Crippen LogP contribution in [-0.2, 0) is 4.79 Å². The molecule has 0 unspecified atom stereocenters. The largest absolute Gasteiger partial charge is 0.372 e. The van der Waals surface area contributed by atoms with Crippen LogP contribution in [0.4, 0.5) is 5.69 Å². The quantitative estimate of drug-likeness (QED) is 0.619. The molecule has 3 nitrogen and oxygen atoms in total. The molecule has 0 aromatic heterocycles. The molecule has 0 aliphatic carbocycles. The summed E-state index contributed by atoms with van der Waals surface area (Å²) in [4.78, 5) is 17.0. The van der Waals surface area contributed by atoms with Crippen molar-refractivity contribution in [1.29, 1.82) is 0 Å². The van der Waals surface area contributed by atoms with E-state index in [1.165, 1.54) is 36.7 Å². The lowest BCUT2D eigenvalue weighted by Crippen LogP contribution is -2.29. The number of benzene rings is 1. The normalized spacial score (nSPS) is 21.0. The fraction of sp³-hybridized carbons (Fsp3) is 0.412. The molecule has 2 aliphatic heterocycles. The van der Waals surface area contributed by atoms with Gasteiger partial charge >= 0.3 is 0 Å². The Morgan fingerprint density at radius 3 is 2.45 bits per heavy atom. The predicted molar refractivity (Wildman–Crippen MR) is 98.1 cm³/mol. The highest BCUT2D eigenvalue weighted by molar-refractivity contribution is 8.26. The first-order chi connectivity index (χ1) is 10.7. The number of amides is 1. The third-order valence-corrected chi connectivity index (χ3v) is 5.48. The number of hydrogen-bond acceptors (Lipinski definition) is 4. The summed E-state index contributed by atoms with van der Waals surface area (Å²) in [6.45, 7) is 4.88. The maximum atomic E-state index is 12.2. The van der Waals surface area contributed by atoms with Crippen molar-refractivity contribution in [2.45, 2.75) is 26.2 Å². The van der Waals surface area contributed by atoms with Gasteiger partial charge in [0.2, 0.25) is 0 Å². The highest BCUT2D eigenvalue weighted by atomic mass is 32.2. The van der Waals surface area contributed by atoms with Crippen LogP contribution in [0.25, 0.3) is 6.08 Å². The number of carbonyl (C=O) groups excluding carboxylic acids is 1. The van der Waals surface area contributed by atoms with Crippen molar-refractivity contribution in [3.63, 3.8) is 0 Å². The monoisotopic (exact) mass is 332 g/mol. The molecule has 0 saturated carbocycles. The number of anilines is 1. The average Bonchev–Trinajstić information content (AvgIpc) is 2.82. The van der Waals surface area contributed by atoms with E-state index < -0.39 is 0 Å². The van der Waals surface area contributed by atoms with Crippen LogP contribution in [-0.4, -0.2) is 34.8 Å². The molecular weight excluding hydrogens is 312 g/mol. The van der Waals surface area contributed by atoms with E-state index in [-0.39, 0.29) is 5.91 Å². The Balaban J connectivity index is 1.74. The SMILES string of the molecule is CCN1C(=O)/C(=C/c2ccc(N3CCCCC3)cc2)SC1=S. The van der Waals surface area contributed by atoms with Gasteiger partial charge in [0.25, 0.3) is 5.91 Å². The van der Waals surface area contributed by atoms with E-state index in [9.17, 15) is 4.79 Å². The van der Waals surface area contributed by atoms with Gasteiger partial charge in [0.05, 0.1) is 4.91 Å². The van der Waals surface area contributed by atoms with Gasteiger partial charge in [-0.3, -0.25) is 9.69 Å². The minimum absolute atomic E-state index is 0.0256. The third-order valence-electron chi connectivity index (χ3n) is 4.10. The van der Waals surface area contributed by atoms with Gasteiger partial charge in [-0.05, 0) is 50.0 Å². The van der Waals surface area contributed by atoms with E-state index >= 15 is 0 Å². The lowest BCUT2D eigenvalue weighted by atomic mass is 10.1. The van der Waals surface area contributed by atoms with Crippen LogP contribution in [0.5, 0.6) is 0 Å². The molecule has 22 heavy (non-hydrogen) atoms. The fourth-order valence-corrected chi connectivity index (χ4v) is 4.24. The molecule has 2 saturated heterocycles. The molecule has 0 N–H and O–H groups in total. The molecule has 1 amide bonds. The van der Waals surface area contributed by atoms with Crippen molar-refractivity contribution in [2.75, 3.05) is 24.5 Å². The summed E-state index contributed by atoms with van der Waals surface area (Å²) in [6.07, 6.45) is 5.84. The van der Waals surface area contributed by atoms with Crippen molar-refractivity contribution >= 4 is 46.0 Å². The number of thiocarbonyl (C=S) groups is 1. The first kappa shape index (κ1) is 15.6. The molecule has 0 radical (unpaired) electrons. The van der Waals surface area contributed by atoms with Crippen LogP contribution in [0.15, 0.2) is 29.2 Å². The molecule has 5 heteroatoms. The second kappa shape index (κ2) is 6.84. The van der Waals surface area contributed by atoms with Crippen molar-refractivity contribution < 1.29 is 4.79 Å². The van der Waals surface area contributed by atoms with Gasteiger partial charge in [-0.15, -0.1) is 0 Å². The first-order valence-electron chi connectivity index (χ1n) is 7.79. The van der Waals surface area contributed by atoms with E-state index in [0.29, 0.717) is 10.9 Å². The first-order valence-corrected chi connectivity index (χ1v) is 9.02. The highest BCUT2D eigenvalue weighted by Crippen LogP contribution is 2.32. The maximum Gasteiger partial charge on any atom is 0.266 e. The van der Waals surface area contributed by atoms with Gasteiger partial charge in [0, 0.05) is 25.3 Å². The van der Waals surface area contributed by atoms with Crippen molar-refractivity contribution in [3.05, 3.63) is 34.7 Å². The van der Waals surface area contributed by atoms with Gasteiger partial charge in [-0.25, -0.2) is 0 Å². The van der Waals surface area contributed by atoms with E-state index in [1.807, 2.05) is 13.0 Å². The molecular formula is C17H20N2OS2. The number of piperidine rings is 1. The minimum Gasteiger partial charge on any atom is -0.372 e. The van der Waals surface area contributed by atoms with E-state index in [0.717, 1.165) is 23.6 Å². The summed E-state index contributed by atoms with van der Waals surface area (Å²) < 4.78 is 0.656. The Hall–Kier alpha value is -1.33. The van der Waals surface area contributed by atoms with Crippen molar-refractivity contribution in [3.8, 4) is 0 Å². The summed E-state index contributed by atoms with van der Waals surface area (Å²) >= 11 is 6.63. The van der Waals surface area contributed by atoms with Crippen molar-refractivity contribution in [2.24, 2.45) is 0 Å². The fourth-order valence-electron chi connectivity index (χ4n) is 2.86. The predicted octanol–water partition coefficient (Wildman–Crippen LogP) is 3.90. The Morgan fingerprint density at radius 1 is 1.18 bits per heavy atom. The molecule has 0 atom stereocenters. The summed E-state index contributed by atoms with van der Waals surface area (Å²) in [5, 5.41) is 0. The zero-order valence-corrected chi connectivity index (χ0v) is 14.4. The van der Waals surface area contributed by atoms with Gasteiger partial charge in [0.15, 0.2) is 0 Å². The number of rotatable bonds is 3. The molecule has 0 bridgehead atoms. The van der Waals surface area contributed by atoms with Crippen molar-refractivity contribution in [1.82, 2.24) is 4.90 Å². The van der Waals surface area contributed by atoms with Crippen LogP contribution in [0.1, 0.15) is 31.7 Å². The van der Waals surface area contributed by atoms with E-state index in [1.54, 1.807) is 4.90 Å². The van der Waals surface area contributed by atoms with Crippen LogP contribution >= 0.6 is 24.0 Å². The number of thioether (sulfide) groups is 1. The maximum absolute atomic E-state index is 12.2. The molecule has 2 fully saturated rings. The molecule has 1 aromatic rings. The van der Waals surface area contributed by atoms with Crippen LogP contribution in [0.2, 0.25) is 0 Å². The van der Waals surface area contributed by atoms with Gasteiger partial charge in [-0.2, -0.15) is 0 Å². The summed E-state index contributed by atoms with van der Waals surface area (Å²) in [7, 11) is 0. The highest BCUT2D eigenvalue weighted by Gasteiger charge is 2.30. The molecule has 116 valence electrons. The molecule has 2 heterocycles. The molecule has 1 aromatic carbocycles. The minimum atomic E-state index is 0.0256. The van der Waals surface area contributed by atoms with Gasteiger partial charge < -0.3 is 4.90 Å². The van der Waals surface area contributed by atoms with Crippen LogP contribution in [0, 0.1) is 0 Å². The Morgan fingerprint density at radius 2 is 1.86 bits per heavy atom. The Kier molecular flexibility index (Phi) is 4.84. The zero-order chi connectivity index (χ0) is 15.5. The standard InChI is InChI=1S/C17H20N2OS2/c1-2-19-16(20)15(22-17(19)21)12-13-6-8-14(9-7-13)18-10-4-3-5-11-18/h6-9,12H,2-5,10-11H2,1H3/b15-12-. The zero-order valence-electron chi connectivity index (χ0n) is 12.7. The Bertz CT molecular complexity index is 604. The van der Waals surface area contributed by atoms with E-state index in [2.05, 4.69) is 29.2 Å². The molecule has 3 rings (SSSR count). The number of hydrogen-bond donors (Lipinski definition) is 0. The lowest BCUT2D eigenvalue weighted by molar-refractivity contribution is -0.121. The summed E-state index contributed by atoms with van der Waals surface area (Å²) in [6, 6.07) is 8.47. The summed E-state index contributed by atoms with van der Waals surface area (Å²) in [5.41, 5.74) is 2.33. The van der Waals surface area contributed by atoms with Gasteiger partial charge in [-0.1, -0.05) is 36.1 Å². The topological polar surface area (TPSA) is 23.6 Å². The average molecular weight is 332 g/mol. The number of likely N-dealkylation sites (N-methyl/N-ethyl adjacent to an activating group) is 1. The second-order valence-corrected chi connectivity index (χ2v) is 7.24. The molecule has 0 spiro atoms. The van der Waals surface area contributed by atoms with Crippen LogP contribution < -0.4 is 4.90 Å².